The van der Waals surface area contributed by atoms with Crippen molar-refractivity contribution in [2.75, 3.05) is 26.2 Å². The fraction of sp³-hybridized carbons (Fsp3) is 0.867. The summed E-state index contributed by atoms with van der Waals surface area (Å²) in [5.41, 5.74) is -0.699. The predicted octanol–water partition coefficient (Wildman–Crippen LogP) is 1.48. The van der Waals surface area contributed by atoms with E-state index >= 15 is 0 Å². The van der Waals surface area contributed by atoms with Crippen LogP contribution in [0.5, 0.6) is 0 Å². The molecule has 5 nitrogen and oxygen atoms in total. The average molecular weight is 282 g/mol. The molecule has 2 saturated heterocycles. The summed E-state index contributed by atoms with van der Waals surface area (Å²) in [6.45, 7) is 4.97. The summed E-state index contributed by atoms with van der Waals surface area (Å²) in [4.78, 5) is 25.6. The molecule has 114 valence electrons. The Hall–Kier alpha value is -1.10. The number of nitrogens with one attached hydrogen (secondary N) is 1. The highest BCUT2D eigenvalue weighted by Crippen LogP contribution is 2.36. The van der Waals surface area contributed by atoms with Crippen LogP contribution < -0.4 is 5.32 Å². The molecule has 0 aromatic rings. The van der Waals surface area contributed by atoms with Crippen LogP contribution >= 0.6 is 0 Å². The van der Waals surface area contributed by atoms with Gasteiger partial charge in [0.05, 0.1) is 5.41 Å². The van der Waals surface area contributed by atoms with Crippen molar-refractivity contribution in [2.45, 2.75) is 45.4 Å². The van der Waals surface area contributed by atoms with E-state index in [1.807, 2.05) is 6.92 Å². The standard InChI is InChI=1S/C15H26N2O3/c1-2-5-15(14(19)20)6-8-17(11-15)13(18)9-12-4-3-7-16-10-12/h12,16H,2-11H2,1H3,(H,19,20). The summed E-state index contributed by atoms with van der Waals surface area (Å²) in [6, 6.07) is 0. The first kappa shape index (κ1) is 15.3. The Balaban J connectivity index is 1.90. The summed E-state index contributed by atoms with van der Waals surface area (Å²) >= 11 is 0. The number of carboxylic acid groups (broad SMARTS) is 1. The Bertz CT molecular complexity index is 366. The minimum atomic E-state index is -0.742. The van der Waals surface area contributed by atoms with Gasteiger partial charge in [-0.2, -0.15) is 0 Å². The first-order valence-electron chi connectivity index (χ1n) is 7.79. The van der Waals surface area contributed by atoms with Crippen LogP contribution in [0.4, 0.5) is 0 Å². The number of piperidine rings is 1. The molecule has 2 rings (SSSR count). The third kappa shape index (κ3) is 3.32. The van der Waals surface area contributed by atoms with Gasteiger partial charge < -0.3 is 15.3 Å². The molecule has 1 amide bonds. The lowest BCUT2D eigenvalue weighted by Gasteiger charge is -2.27. The lowest BCUT2D eigenvalue weighted by atomic mass is 9.83. The molecule has 2 atom stereocenters. The molecule has 2 unspecified atom stereocenters. The summed E-state index contributed by atoms with van der Waals surface area (Å²) < 4.78 is 0. The van der Waals surface area contributed by atoms with Gasteiger partial charge in [0.25, 0.3) is 0 Å². The maximum Gasteiger partial charge on any atom is 0.311 e. The van der Waals surface area contributed by atoms with E-state index in [1.54, 1.807) is 4.90 Å². The Morgan fingerprint density at radius 3 is 2.85 bits per heavy atom. The maximum absolute atomic E-state index is 12.3. The molecule has 2 heterocycles. The normalized spacial score (nSPS) is 30.4. The zero-order valence-corrected chi connectivity index (χ0v) is 12.4. The van der Waals surface area contributed by atoms with Crippen LogP contribution in [0.15, 0.2) is 0 Å². The van der Waals surface area contributed by atoms with Gasteiger partial charge in [0.2, 0.25) is 5.91 Å². The van der Waals surface area contributed by atoms with Crippen LogP contribution in [0, 0.1) is 11.3 Å². The van der Waals surface area contributed by atoms with Crippen molar-refractivity contribution >= 4 is 11.9 Å². The summed E-state index contributed by atoms with van der Waals surface area (Å²) in [5, 5.41) is 12.8. The third-order valence-electron chi connectivity index (χ3n) is 4.75. The van der Waals surface area contributed by atoms with Crippen molar-refractivity contribution in [3.05, 3.63) is 0 Å². The topological polar surface area (TPSA) is 69.6 Å². The number of aliphatic carboxylic acids is 1. The smallest absolute Gasteiger partial charge is 0.311 e. The van der Waals surface area contributed by atoms with E-state index in [4.69, 9.17) is 0 Å². The van der Waals surface area contributed by atoms with Gasteiger partial charge in [0.1, 0.15) is 0 Å². The number of hydrogen-bond donors (Lipinski definition) is 2. The van der Waals surface area contributed by atoms with Gasteiger partial charge in [-0.05, 0) is 44.7 Å². The molecule has 2 aliphatic rings. The minimum absolute atomic E-state index is 0.137. The SMILES string of the molecule is CCCC1(C(=O)O)CCN(C(=O)CC2CCCNC2)C1. The molecular weight excluding hydrogens is 256 g/mol. The Kier molecular flexibility index (Phi) is 5.02. The van der Waals surface area contributed by atoms with E-state index in [-0.39, 0.29) is 5.91 Å². The number of rotatable bonds is 5. The molecule has 2 fully saturated rings. The van der Waals surface area contributed by atoms with E-state index < -0.39 is 11.4 Å². The number of amides is 1. The molecule has 0 aliphatic carbocycles. The van der Waals surface area contributed by atoms with Crippen LogP contribution in [0.2, 0.25) is 0 Å². The zero-order chi connectivity index (χ0) is 14.6. The van der Waals surface area contributed by atoms with E-state index in [2.05, 4.69) is 5.32 Å². The molecule has 20 heavy (non-hydrogen) atoms. The highest BCUT2D eigenvalue weighted by atomic mass is 16.4. The summed E-state index contributed by atoms with van der Waals surface area (Å²) in [7, 11) is 0. The Morgan fingerprint density at radius 2 is 2.25 bits per heavy atom. The quantitative estimate of drug-likeness (QED) is 0.801. The van der Waals surface area contributed by atoms with Gasteiger partial charge in [-0.1, -0.05) is 13.3 Å². The summed E-state index contributed by atoms with van der Waals surface area (Å²) in [5.74, 6) is -0.186. The van der Waals surface area contributed by atoms with Crippen molar-refractivity contribution in [2.24, 2.45) is 11.3 Å². The third-order valence-corrected chi connectivity index (χ3v) is 4.75. The van der Waals surface area contributed by atoms with Gasteiger partial charge in [0, 0.05) is 19.5 Å². The molecule has 2 aliphatic heterocycles. The van der Waals surface area contributed by atoms with E-state index in [9.17, 15) is 14.7 Å². The number of carbonyl (C=O) groups excluding carboxylic acids is 1. The second-order valence-corrected chi connectivity index (χ2v) is 6.32. The van der Waals surface area contributed by atoms with Crippen LogP contribution in [0.25, 0.3) is 0 Å². The Morgan fingerprint density at radius 1 is 1.45 bits per heavy atom. The maximum atomic E-state index is 12.3. The Labute approximate surface area is 120 Å². The van der Waals surface area contributed by atoms with Gasteiger partial charge in [-0.3, -0.25) is 9.59 Å². The number of hydrogen-bond acceptors (Lipinski definition) is 3. The molecular formula is C15H26N2O3. The predicted molar refractivity (Wildman–Crippen MR) is 76.4 cm³/mol. The van der Waals surface area contributed by atoms with E-state index in [0.717, 1.165) is 32.4 Å². The monoisotopic (exact) mass is 282 g/mol. The van der Waals surface area contributed by atoms with Crippen LogP contribution in [0.3, 0.4) is 0 Å². The van der Waals surface area contributed by atoms with Crippen LogP contribution in [-0.2, 0) is 9.59 Å². The second kappa shape index (κ2) is 6.57. The minimum Gasteiger partial charge on any atom is -0.481 e. The van der Waals surface area contributed by atoms with Gasteiger partial charge in [-0.15, -0.1) is 0 Å². The average Bonchev–Trinajstić information content (AvgIpc) is 2.86. The van der Waals surface area contributed by atoms with Crippen molar-refractivity contribution in [1.82, 2.24) is 10.2 Å². The molecule has 2 N–H and O–H groups in total. The summed E-state index contributed by atoms with van der Waals surface area (Å²) in [6.07, 6.45) is 4.91. The highest BCUT2D eigenvalue weighted by molar-refractivity contribution is 5.80. The van der Waals surface area contributed by atoms with E-state index in [0.29, 0.717) is 38.3 Å². The molecule has 0 spiro atoms. The van der Waals surface area contributed by atoms with Crippen molar-refractivity contribution in [1.29, 1.82) is 0 Å². The molecule has 0 aromatic heterocycles. The first-order valence-corrected chi connectivity index (χ1v) is 7.79. The number of likely N-dealkylation sites (tertiary alicyclic amines) is 1. The second-order valence-electron chi connectivity index (χ2n) is 6.32. The number of nitrogens with zero attached hydrogens (tertiary/aromatic N) is 1. The van der Waals surface area contributed by atoms with Crippen LogP contribution in [-0.4, -0.2) is 48.1 Å². The fourth-order valence-corrected chi connectivity index (χ4v) is 3.52. The molecule has 0 radical (unpaired) electrons. The van der Waals surface area contributed by atoms with Gasteiger partial charge in [-0.25, -0.2) is 0 Å². The van der Waals surface area contributed by atoms with Gasteiger partial charge >= 0.3 is 5.97 Å². The number of carbonyl (C=O) groups is 2. The van der Waals surface area contributed by atoms with E-state index in [1.165, 1.54) is 0 Å². The van der Waals surface area contributed by atoms with Crippen LogP contribution in [0.1, 0.15) is 45.4 Å². The van der Waals surface area contributed by atoms with Crippen molar-refractivity contribution in [3.63, 3.8) is 0 Å². The van der Waals surface area contributed by atoms with Crippen molar-refractivity contribution < 1.29 is 14.7 Å². The largest absolute Gasteiger partial charge is 0.481 e. The highest BCUT2D eigenvalue weighted by Gasteiger charge is 2.45. The number of carboxylic acids is 1. The molecule has 0 saturated carbocycles. The molecule has 5 heteroatoms. The van der Waals surface area contributed by atoms with Gasteiger partial charge in [0.15, 0.2) is 0 Å². The fourth-order valence-electron chi connectivity index (χ4n) is 3.52. The van der Waals surface area contributed by atoms with Crippen molar-refractivity contribution in [3.8, 4) is 0 Å². The zero-order valence-electron chi connectivity index (χ0n) is 12.4. The molecule has 0 bridgehead atoms. The molecule has 0 aromatic carbocycles. The lowest BCUT2D eigenvalue weighted by molar-refractivity contribution is -0.149. The first-order chi connectivity index (χ1) is 9.57. The lowest BCUT2D eigenvalue weighted by Crippen LogP contribution is -2.39.